The molecule has 0 fully saturated rings. The monoisotopic (exact) mass is 293 g/mol. The molecule has 0 aliphatic rings. The Kier molecular flexibility index (Phi) is 5.84. The predicted octanol–water partition coefficient (Wildman–Crippen LogP) is 1.65. The van der Waals surface area contributed by atoms with Crippen molar-refractivity contribution >= 4 is 10.0 Å². The fraction of sp³-hybridized carbons (Fsp3) is 0.500. The second kappa shape index (κ2) is 6.93. The van der Waals surface area contributed by atoms with Crippen LogP contribution in [0, 0.1) is 17.6 Å². The van der Waals surface area contributed by atoms with Gasteiger partial charge in [0.1, 0.15) is 11.6 Å². The minimum atomic E-state index is -4.23. The highest BCUT2D eigenvalue weighted by atomic mass is 32.2. The molecular formula is C12H17F2NO3S. The van der Waals surface area contributed by atoms with E-state index in [1.807, 2.05) is 6.92 Å². The summed E-state index contributed by atoms with van der Waals surface area (Å²) in [6.45, 7) is 1.82. The Bertz CT molecular complexity index is 499. The Hall–Kier alpha value is -1.05. The van der Waals surface area contributed by atoms with E-state index in [2.05, 4.69) is 4.72 Å². The van der Waals surface area contributed by atoms with Gasteiger partial charge < -0.3 is 5.11 Å². The van der Waals surface area contributed by atoms with Crippen molar-refractivity contribution in [3.8, 4) is 0 Å². The van der Waals surface area contributed by atoms with Crippen LogP contribution in [-0.4, -0.2) is 26.7 Å². The minimum Gasteiger partial charge on any atom is -0.396 e. The SMILES string of the molecule is CCC(CCO)CNS(=O)(=O)c1c(F)cccc1F. The van der Waals surface area contributed by atoms with Gasteiger partial charge >= 0.3 is 0 Å². The van der Waals surface area contributed by atoms with Crippen LogP contribution in [0.15, 0.2) is 23.1 Å². The van der Waals surface area contributed by atoms with Crippen LogP contribution in [0.3, 0.4) is 0 Å². The zero-order valence-electron chi connectivity index (χ0n) is 10.6. The first-order valence-electron chi connectivity index (χ1n) is 5.97. The molecule has 19 heavy (non-hydrogen) atoms. The van der Waals surface area contributed by atoms with E-state index in [0.29, 0.717) is 12.8 Å². The van der Waals surface area contributed by atoms with E-state index in [4.69, 9.17) is 5.11 Å². The maximum atomic E-state index is 13.4. The van der Waals surface area contributed by atoms with Crippen molar-refractivity contribution in [1.82, 2.24) is 4.72 Å². The molecular weight excluding hydrogens is 276 g/mol. The first kappa shape index (κ1) is 16.0. The van der Waals surface area contributed by atoms with E-state index >= 15 is 0 Å². The number of hydrogen-bond acceptors (Lipinski definition) is 3. The third-order valence-corrected chi connectivity index (χ3v) is 4.34. The van der Waals surface area contributed by atoms with Crippen LogP contribution in [0.1, 0.15) is 19.8 Å². The number of hydrogen-bond donors (Lipinski definition) is 2. The van der Waals surface area contributed by atoms with Gasteiger partial charge in [0.25, 0.3) is 0 Å². The quantitative estimate of drug-likeness (QED) is 0.803. The van der Waals surface area contributed by atoms with Crippen LogP contribution < -0.4 is 4.72 Å². The van der Waals surface area contributed by atoms with Gasteiger partial charge in [-0.1, -0.05) is 19.4 Å². The van der Waals surface area contributed by atoms with Crippen molar-refractivity contribution in [3.63, 3.8) is 0 Å². The van der Waals surface area contributed by atoms with Gasteiger partial charge in [0.15, 0.2) is 4.90 Å². The summed E-state index contributed by atoms with van der Waals surface area (Å²) in [4.78, 5) is -0.964. The van der Waals surface area contributed by atoms with Gasteiger partial charge in [-0.05, 0) is 24.5 Å². The summed E-state index contributed by atoms with van der Waals surface area (Å²) in [5, 5.41) is 8.81. The van der Waals surface area contributed by atoms with Crippen LogP contribution in [-0.2, 0) is 10.0 Å². The Morgan fingerprint density at radius 2 is 1.89 bits per heavy atom. The normalized spacial score (nSPS) is 13.5. The lowest BCUT2D eigenvalue weighted by Gasteiger charge is -2.15. The zero-order chi connectivity index (χ0) is 14.5. The van der Waals surface area contributed by atoms with Crippen molar-refractivity contribution in [1.29, 1.82) is 0 Å². The number of benzene rings is 1. The van der Waals surface area contributed by atoms with E-state index in [-0.39, 0.29) is 19.1 Å². The lowest BCUT2D eigenvalue weighted by atomic mass is 10.0. The van der Waals surface area contributed by atoms with Crippen LogP contribution >= 0.6 is 0 Å². The molecule has 1 aromatic rings. The molecule has 108 valence electrons. The highest BCUT2D eigenvalue weighted by molar-refractivity contribution is 7.89. The topological polar surface area (TPSA) is 66.4 Å². The molecule has 1 unspecified atom stereocenters. The fourth-order valence-electron chi connectivity index (χ4n) is 1.67. The van der Waals surface area contributed by atoms with Gasteiger partial charge in [-0.2, -0.15) is 0 Å². The molecule has 2 N–H and O–H groups in total. The maximum Gasteiger partial charge on any atom is 0.246 e. The van der Waals surface area contributed by atoms with Crippen molar-refractivity contribution in [2.45, 2.75) is 24.7 Å². The van der Waals surface area contributed by atoms with E-state index in [1.54, 1.807) is 0 Å². The van der Waals surface area contributed by atoms with Crippen LogP contribution in [0.4, 0.5) is 8.78 Å². The number of aliphatic hydroxyl groups excluding tert-OH is 1. The van der Waals surface area contributed by atoms with E-state index < -0.39 is 26.6 Å². The summed E-state index contributed by atoms with van der Waals surface area (Å²) >= 11 is 0. The largest absolute Gasteiger partial charge is 0.396 e. The fourth-order valence-corrected chi connectivity index (χ4v) is 2.92. The number of halogens is 2. The molecule has 1 aromatic carbocycles. The second-order valence-corrected chi connectivity index (χ2v) is 5.89. The van der Waals surface area contributed by atoms with Gasteiger partial charge in [-0.15, -0.1) is 0 Å². The van der Waals surface area contributed by atoms with Crippen LogP contribution in [0.2, 0.25) is 0 Å². The summed E-state index contributed by atoms with van der Waals surface area (Å²) < 4.78 is 52.7. The van der Waals surface area contributed by atoms with E-state index in [0.717, 1.165) is 18.2 Å². The molecule has 0 aliphatic heterocycles. The van der Waals surface area contributed by atoms with Crippen molar-refractivity contribution in [2.24, 2.45) is 5.92 Å². The lowest BCUT2D eigenvalue weighted by Crippen LogP contribution is -2.31. The van der Waals surface area contributed by atoms with Crippen molar-refractivity contribution in [2.75, 3.05) is 13.2 Å². The summed E-state index contributed by atoms with van der Waals surface area (Å²) in [6.07, 6.45) is 1.08. The Morgan fingerprint density at radius 1 is 1.32 bits per heavy atom. The number of sulfonamides is 1. The third kappa shape index (κ3) is 4.22. The molecule has 1 atom stereocenters. The molecule has 4 nitrogen and oxygen atoms in total. The highest BCUT2D eigenvalue weighted by Gasteiger charge is 2.24. The average Bonchev–Trinajstić information content (AvgIpc) is 2.34. The predicted molar refractivity (Wildman–Crippen MR) is 67.0 cm³/mol. The Morgan fingerprint density at radius 3 is 2.37 bits per heavy atom. The highest BCUT2D eigenvalue weighted by Crippen LogP contribution is 2.18. The first-order valence-corrected chi connectivity index (χ1v) is 7.45. The smallest absolute Gasteiger partial charge is 0.246 e. The molecule has 7 heteroatoms. The molecule has 0 saturated carbocycles. The molecule has 0 radical (unpaired) electrons. The molecule has 0 bridgehead atoms. The van der Waals surface area contributed by atoms with E-state index in [1.165, 1.54) is 0 Å². The first-order chi connectivity index (χ1) is 8.92. The van der Waals surface area contributed by atoms with Gasteiger partial charge in [0.05, 0.1) is 0 Å². The molecule has 0 amide bonds. The standard InChI is InChI=1S/C12H17F2NO3S/c1-2-9(6-7-16)8-15-19(17,18)12-10(13)4-3-5-11(12)14/h3-5,9,15-16H,2,6-8H2,1H3. The maximum absolute atomic E-state index is 13.4. The molecule has 0 spiro atoms. The van der Waals surface area contributed by atoms with Crippen molar-refractivity contribution in [3.05, 3.63) is 29.8 Å². The second-order valence-electron chi connectivity index (χ2n) is 4.19. The molecule has 0 aliphatic carbocycles. The third-order valence-electron chi connectivity index (χ3n) is 2.86. The van der Waals surface area contributed by atoms with Gasteiger partial charge in [-0.25, -0.2) is 21.9 Å². The molecule has 0 heterocycles. The number of nitrogens with one attached hydrogen (secondary N) is 1. The van der Waals surface area contributed by atoms with Gasteiger partial charge in [0, 0.05) is 13.2 Å². The number of aliphatic hydroxyl groups is 1. The summed E-state index contributed by atoms with van der Waals surface area (Å²) in [5.74, 6) is -2.32. The Balaban J connectivity index is 2.87. The minimum absolute atomic E-state index is 0.0349. The zero-order valence-corrected chi connectivity index (χ0v) is 11.4. The van der Waals surface area contributed by atoms with Crippen LogP contribution in [0.5, 0.6) is 0 Å². The van der Waals surface area contributed by atoms with Crippen molar-refractivity contribution < 1.29 is 22.3 Å². The lowest BCUT2D eigenvalue weighted by molar-refractivity contribution is 0.254. The van der Waals surface area contributed by atoms with E-state index in [9.17, 15) is 17.2 Å². The molecule has 0 aromatic heterocycles. The Labute approximate surface area is 111 Å². The average molecular weight is 293 g/mol. The summed E-state index contributed by atoms with van der Waals surface area (Å²) in [5.41, 5.74) is 0. The molecule has 0 saturated heterocycles. The molecule has 1 rings (SSSR count). The van der Waals surface area contributed by atoms with Crippen LogP contribution in [0.25, 0.3) is 0 Å². The number of rotatable bonds is 7. The van der Waals surface area contributed by atoms with Gasteiger partial charge in [-0.3, -0.25) is 0 Å². The summed E-state index contributed by atoms with van der Waals surface area (Å²) in [7, 11) is -4.23. The van der Waals surface area contributed by atoms with Gasteiger partial charge in [0.2, 0.25) is 10.0 Å². The summed E-state index contributed by atoms with van der Waals surface area (Å²) in [6, 6.07) is 2.88.